The third kappa shape index (κ3) is 6.27. The summed E-state index contributed by atoms with van der Waals surface area (Å²) in [6.45, 7) is 2.79. The number of rotatable bonds is 7. The van der Waals surface area contributed by atoms with Crippen LogP contribution in [0, 0.1) is 0 Å². The molecule has 4 aromatic rings. The number of nitrogens with one attached hydrogen (secondary N) is 3. The number of hydrogen-bond donors (Lipinski definition) is 4. The molecule has 3 amide bonds. The summed E-state index contributed by atoms with van der Waals surface area (Å²) < 4.78 is 41.3. The van der Waals surface area contributed by atoms with E-state index in [1.807, 2.05) is 16.2 Å². The van der Waals surface area contributed by atoms with Gasteiger partial charge >= 0.3 is 12.2 Å². The van der Waals surface area contributed by atoms with Crippen LogP contribution in [0.4, 0.5) is 29.6 Å². The van der Waals surface area contributed by atoms with E-state index < -0.39 is 24.0 Å². The lowest BCUT2D eigenvalue weighted by atomic mass is 9.87. The average molecular weight is 623 g/mol. The van der Waals surface area contributed by atoms with Gasteiger partial charge in [-0.25, -0.2) is 19.7 Å². The summed E-state index contributed by atoms with van der Waals surface area (Å²) in [6.07, 6.45) is 2.75. The second kappa shape index (κ2) is 12.3. The molecule has 236 valence electrons. The van der Waals surface area contributed by atoms with Gasteiger partial charge in [-0.3, -0.25) is 14.5 Å². The van der Waals surface area contributed by atoms with Gasteiger partial charge in [0.2, 0.25) is 5.91 Å². The summed E-state index contributed by atoms with van der Waals surface area (Å²) in [5, 5.41) is 18.9. The number of benzene rings is 1. The molecule has 0 aliphatic carbocycles. The maximum absolute atomic E-state index is 13.1. The Balaban J connectivity index is 1.33. The van der Waals surface area contributed by atoms with E-state index in [-0.39, 0.29) is 23.7 Å². The van der Waals surface area contributed by atoms with Crippen LogP contribution >= 0.6 is 0 Å². The highest BCUT2D eigenvalue weighted by Crippen LogP contribution is 2.38. The smallest absolute Gasteiger partial charge is 0.369 e. The molecule has 3 unspecified atom stereocenters. The molecule has 0 spiro atoms. The number of halogens is 3. The molecular weight excluding hydrogens is 589 g/mol. The number of aromatic nitrogens is 4. The first-order chi connectivity index (χ1) is 21.6. The number of fused-ring (bicyclic) bond motifs is 2. The number of aliphatic hydroxyl groups excluding tert-OH is 1. The highest BCUT2D eigenvalue weighted by molar-refractivity contribution is 5.96. The number of amides is 3. The molecule has 3 atom stereocenters. The van der Waals surface area contributed by atoms with E-state index in [9.17, 15) is 27.9 Å². The number of hydrogen-bond acceptors (Lipinski definition) is 7. The Morgan fingerprint density at radius 3 is 2.67 bits per heavy atom. The second-order valence-electron chi connectivity index (χ2n) is 11.3. The number of carbonyl (C=O) groups excluding carboxylic acids is 2. The van der Waals surface area contributed by atoms with Crippen LogP contribution in [0.2, 0.25) is 0 Å². The number of urea groups is 1. The molecule has 4 N–H and O–H groups in total. The minimum absolute atomic E-state index is 0.0328. The molecule has 1 aromatic carbocycles. The summed E-state index contributed by atoms with van der Waals surface area (Å²) in [6, 6.07) is 8.27. The third-order valence-electron chi connectivity index (χ3n) is 8.34. The Kier molecular flexibility index (Phi) is 8.32. The van der Waals surface area contributed by atoms with Gasteiger partial charge in [-0.1, -0.05) is 24.3 Å². The van der Waals surface area contributed by atoms with Gasteiger partial charge in [-0.2, -0.15) is 13.2 Å². The fourth-order valence-electron chi connectivity index (χ4n) is 6.16. The quantitative estimate of drug-likeness (QED) is 0.205. The van der Waals surface area contributed by atoms with E-state index in [0.29, 0.717) is 47.7 Å². The van der Waals surface area contributed by atoms with Crippen molar-refractivity contribution >= 4 is 29.1 Å². The lowest BCUT2D eigenvalue weighted by Gasteiger charge is -2.42. The highest BCUT2D eigenvalue weighted by Gasteiger charge is 2.37. The predicted octanol–water partition coefficient (Wildman–Crippen LogP) is 5.31. The maximum Gasteiger partial charge on any atom is 0.416 e. The molecule has 11 nitrogen and oxygen atoms in total. The van der Waals surface area contributed by atoms with Crippen LogP contribution in [0.1, 0.15) is 68.1 Å². The largest absolute Gasteiger partial charge is 0.416 e. The Hall–Kier alpha value is -4.72. The topological polar surface area (TPSA) is 137 Å². The number of piperidine rings is 2. The highest BCUT2D eigenvalue weighted by atomic mass is 19.4. The van der Waals surface area contributed by atoms with Crippen LogP contribution in [0.15, 0.2) is 55.0 Å². The number of nitrogens with zero attached hydrogens (tertiary/aromatic N) is 5. The fraction of sp³-hybridized carbons (Fsp3) is 0.387. The summed E-state index contributed by atoms with van der Waals surface area (Å²) in [4.78, 5) is 40.6. The van der Waals surface area contributed by atoms with Crippen LogP contribution in [0.25, 0.3) is 16.8 Å². The van der Waals surface area contributed by atoms with Gasteiger partial charge in [0.25, 0.3) is 0 Å². The number of aliphatic hydroxyl groups is 1. The molecule has 0 radical (unpaired) electrons. The molecule has 2 saturated heterocycles. The van der Waals surface area contributed by atoms with E-state index in [4.69, 9.17) is 4.98 Å². The molecule has 2 aliphatic rings. The lowest BCUT2D eigenvalue weighted by Crippen LogP contribution is -2.48. The Morgan fingerprint density at radius 2 is 1.91 bits per heavy atom. The molecule has 2 aliphatic heterocycles. The predicted molar refractivity (Wildman–Crippen MR) is 160 cm³/mol. The summed E-state index contributed by atoms with van der Waals surface area (Å²) in [7, 11) is 0. The van der Waals surface area contributed by atoms with E-state index in [0.717, 1.165) is 49.8 Å². The summed E-state index contributed by atoms with van der Waals surface area (Å²) in [5.41, 5.74) is 1.30. The molecule has 6 rings (SSSR count). The molecule has 0 saturated carbocycles. The zero-order valence-electron chi connectivity index (χ0n) is 24.5. The first-order valence-electron chi connectivity index (χ1n) is 14.9. The monoisotopic (exact) mass is 622 g/mol. The zero-order chi connectivity index (χ0) is 31.7. The fourth-order valence-corrected chi connectivity index (χ4v) is 6.16. The van der Waals surface area contributed by atoms with Crippen LogP contribution < -0.4 is 16.0 Å². The first kappa shape index (κ1) is 30.3. The van der Waals surface area contributed by atoms with Gasteiger partial charge < -0.3 is 20.6 Å². The van der Waals surface area contributed by atoms with Crippen molar-refractivity contribution in [1.29, 1.82) is 0 Å². The van der Waals surface area contributed by atoms with Crippen LogP contribution in [-0.2, 0) is 11.0 Å². The van der Waals surface area contributed by atoms with Gasteiger partial charge in [0, 0.05) is 61.2 Å². The zero-order valence-corrected chi connectivity index (χ0v) is 24.5. The van der Waals surface area contributed by atoms with Crippen LogP contribution in [0.5, 0.6) is 0 Å². The molecule has 0 bridgehead atoms. The first-order valence-corrected chi connectivity index (χ1v) is 14.9. The lowest BCUT2D eigenvalue weighted by molar-refractivity contribution is -0.138. The van der Waals surface area contributed by atoms with E-state index in [1.165, 1.54) is 0 Å². The molecule has 2 fully saturated rings. The van der Waals surface area contributed by atoms with Gasteiger partial charge in [0.05, 0.1) is 5.56 Å². The number of anilines is 2. The van der Waals surface area contributed by atoms with Crippen molar-refractivity contribution in [3.63, 3.8) is 0 Å². The minimum Gasteiger partial charge on any atom is -0.369 e. The third-order valence-corrected chi connectivity index (χ3v) is 8.34. The molecule has 5 heterocycles. The normalized spacial score (nSPS) is 19.2. The Morgan fingerprint density at radius 1 is 1.11 bits per heavy atom. The molecule has 45 heavy (non-hydrogen) atoms. The summed E-state index contributed by atoms with van der Waals surface area (Å²) in [5.74, 6) is 1.07. The number of imidazole rings is 1. The van der Waals surface area contributed by atoms with Gasteiger partial charge in [-0.05, 0) is 44.7 Å². The minimum atomic E-state index is -4.54. The second-order valence-corrected chi connectivity index (χ2v) is 11.3. The standard InChI is InChI=1S/C31H33F3N8O3/c1-2-35-30(45)40-27-26-25(18-6-8-19(9-7-18)29(44)38-23-16-21(12-13-36-23)31(32,33)34)39-28(41(26)15-14-37-27)20-10-11-22-4-3-5-24(43)42(22)17-20/h6-9,12-16,20,22,29,44H,2-5,10-11,17H2,1H3,(H,36,38)(H2,35,37,40,45). The van der Waals surface area contributed by atoms with Gasteiger partial charge in [0.15, 0.2) is 12.0 Å². The average Bonchev–Trinajstić information content (AvgIpc) is 3.42. The van der Waals surface area contributed by atoms with Crippen molar-refractivity contribution in [3.8, 4) is 11.3 Å². The molecular formula is C31H33F3N8O3. The maximum atomic E-state index is 13.1. The van der Waals surface area contributed by atoms with E-state index in [2.05, 4.69) is 25.9 Å². The van der Waals surface area contributed by atoms with Gasteiger partial charge in [0.1, 0.15) is 22.9 Å². The van der Waals surface area contributed by atoms with E-state index >= 15 is 0 Å². The van der Waals surface area contributed by atoms with Crippen molar-refractivity contribution in [1.82, 2.24) is 29.6 Å². The Labute approximate surface area is 256 Å². The number of alkyl halides is 3. The van der Waals surface area contributed by atoms with Crippen LogP contribution in [0.3, 0.4) is 0 Å². The number of pyridine rings is 1. The summed E-state index contributed by atoms with van der Waals surface area (Å²) >= 11 is 0. The van der Waals surface area contributed by atoms with E-state index in [1.54, 1.807) is 36.7 Å². The van der Waals surface area contributed by atoms with Gasteiger partial charge in [-0.15, -0.1) is 0 Å². The van der Waals surface area contributed by atoms with Crippen molar-refractivity contribution in [2.45, 2.75) is 63.4 Å². The van der Waals surface area contributed by atoms with Crippen LogP contribution in [-0.4, -0.2) is 60.4 Å². The van der Waals surface area contributed by atoms with Crippen molar-refractivity contribution in [2.75, 3.05) is 23.7 Å². The molecule has 14 heteroatoms. The molecule has 3 aromatic heterocycles. The number of carbonyl (C=O) groups is 2. The SMILES string of the molecule is CCNC(=O)Nc1nccn2c(C3CCC4CCCC(=O)N4C3)nc(-c3ccc(C(O)Nc4cc(C(F)(F)F)ccn4)cc3)c12. The van der Waals surface area contributed by atoms with Crippen molar-refractivity contribution < 1.29 is 27.9 Å². The van der Waals surface area contributed by atoms with Crippen molar-refractivity contribution in [2.24, 2.45) is 0 Å². The Bertz CT molecular complexity index is 1710. The van der Waals surface area contributed by atoms with Crippen molar-refractivity contribution in [3.05, 3.63) is 71.9 Å².